The van der Waals surface area contributed by atoms with Crippen LogP contribution in [0.25, 0.3) is 0 Å². The minimum atomic E-state index is -0.642. The lowest BCUT2D eigenvalue weighted by molar-refractivity contribution is -0.138. The van der Waals surface area contributed by atoms with Gasteiger partial charge in [0.15, 0.2) is 0 Å². The molecule has 2 amide bonds. The van der Waals surface area contributed by atoms with E-state index >= 15 is 0 Å². The highest BCUT2D eigenvalue weighted by Gasteiger charge is 2.29. The van der Waals surface area contributed by atoms with Crippen LogP contribution in [0, 0.1) is 0 Å². The highest BCUT2D eigenvalue weighted by Crippen LogP contribution is 2.28. The topological polar surface area (TPSA) is 49.4 Å². The molecule has 1 N–H and O–H groups in total. The molecule has 1 fully saturated rings. The van der Waals surface area contributed by atoms with Gasteiger partial charge in [-0.25, -0.2) is 0 Å². The molecule has 0 heterocycles. The normalized spacial score (nSPS) is 14.9. The summed E-state index contributed by atoms with van der Waals surface area (Å²) >= 11 is 20.4. The second-order valence-electron chi connectivity index (χ2n) is 7.97. The number of hydrogen-bond acceptors (Lipinski definition) is 3. The predicted molar refractivity (Wildman–Crippen MR) is 134 cm³/mol. The van der Waals surface area contributed by atoms with Crippen LogP contribution in [0.5, 0.6) is 0 Å². The fraction of sp³-hybridized carbons (Fsp3) is 0.417. The molecule has 1 atom stereocenters. The van der Waals surface area contributed by atoms with E-state index < -0.39 is 6.04 Å². The van der Waals surface area contributed by atoms with E-state index in [9.17, 15) is 9.59 Å². The molecule has 2 aromatic carbocycles. The quantitative estimate of drug-likeness (QED) is 0.425. The van der Waals surface area contributed by atoms with E-state index in [4.69, 9.17) is 34.8 Å². The first-order chi connectivity index (χ1) is 15.4. The van der Waals surface area contributed by atoms with Crippen LogP contribution >= 0.6 is 46.6 Å². The van der Waals surface area contributed by atoms with E-state index in [1.807, 2.05) is 24.3 Å². The zero-order valence-electron chi connectivity index (χ0n) is 18.0. The lowest BCUT2D eigenvalue weighted by Gasteiger charge is -2.30. The molecule has 0 saturated heterocycles. The van der Waals surface area contributed by atoms with E-state index in [2.05, 4.69) is 5.32 Å². The van der Waals surface area contributed by atoms with Crippen molar-refractivity contribution >= 4 is 58.4 Å². The Hall–Kier alpha value is -1.40. The van der Waals surface area contributed by atoms with E-state index in [1.165, 1.54) is 11.8 Å². The summed E-state index contributed by atoms with van der Waals surface area (Å²) in [5, 5.41) is 4.72. The Morgan fingerprint density at radius 3 is 2.31 bits per heavy atom. The number of carbonyl (C=O) groups excluding carboxylic acids is 2. The van der Waals surface area contributed by atoms with Crippen molar-refractivity contribution < 1.29 is 9.59 Å². The monoisotopic (exact) mass is 512 g/mol. The summed E-state index contributed by atoms with van der Waals surface area (Å²) in [4.78, 5) is 27.8. The molecule has 0 aliphatic heterocycles. The average molecular weight is 514 g/mol. The standard InChI is InChI=1S/C24H27Cl3N2O2S/c1-16(24(31)28-18-8-3-4-9-18)29(13-19-21(26)11-6-12-22(19)27)23(30)15-32-14-17-7-2-5-10-20(17)25/h2,5-7,10-12,16,18H,3-4,8-9,13-15H2,1H3,(H,28,31)/t16-/m0/s1. The zero-order valence-corrected chi connectivity index (χ0v) is 21.0. The number of nitrogens with zero attached hydrogens (tertiary/aromatic N) is 1. The molecule has 1 aliphatic carbocycles. The van der Waals surface area contributed by atoms with Gasteiger partial charge in [-0.15, -0.1) is 11.8 Å². The first-order valence-electron chi connectivity index (χ1n) is 10.7. The van der Waals surface area contributed by atoms with Gasteiger partial charge < -0.3 is 10.2 Å². The molecule has 4 nitrogen and oxygen atoms in total. The molecule has 32 heavy (non-hydrogen) atoms. The summed E-state index contributed by atoms with van der Waals surface area (Å²) in [5.74, 6) is 0.528. The molecule has 0 aromatic heterocycles. The Labute approximate surface area is 209 Å². The van der Waals surface area contributed by atoms with Gasteiger partial charge in [-0.2, -0.15) is 0 Å². The summed E-state index contributed by atoms with van der Waals surface area (Å²) in [6.07, 6.45) is 4.21. The second kappa shape index (κ2) is 12.2. The molecule has 0 bridgehead atoms. The Bertz CT molecular complexity index is 930. The van der Waals surface area contributed by atoms with Crippen molar-refractivity contribution in [1.82, 2.24) is 10.2 Å². The van der Waals surface area contributed by atoms with E-state index in [-0.39, 0.29) is 30.2 Å². The van der Waals surface area contributed by atoms with Crippen LogP contribution in [-0.4, -0.2) is 34.6 Å². The molecule has 2 aromatic rings. The van der Waals surface area contributed by atoms with Crippen molar-refractivity contribution in [1.29, 1.82) is 0 Å². The summed E-state index contributed by atoms with van der Waals surface area (Å²) in [7, 11) is 0. The Kier molecular flexibility index (Phi) is 9.60. The summed E-state index contributed by atoms with van der Waals surface area (Å²) in [6.45, 7) is 1.93. The van der Waals surface area contributed by atoms with E-state index in [0.717, 1.165) is 31.2 Å². The molecule has 8 heteroatoms. The first kappa shape index (κ1) is 25.2. The third-order valence-corrected chi connectivity index (χ3v) is 7.74. The van der Waals surface area contributed by atoms with Crippen molar-refractivity contribution in [2.45, 2.75) is 57.0 Å². The molecule has 3 rings (SSSR count). The fourth-order valence-electron chi connectivity index (χ4n) is 3.77. The summed E-state index contributed by atoms with van der Waals surface area (Å²) < 4.78 is 0. The maximum absolute atomic E-state index is 13.2. The lowest BCUT2D eigenvalue weighted by atomic mass is 10.1. The Morgan fingerprint density at radius 2 is 1.66 bits per heavy atom. The number of hydrogen-bond donors (Lipinski definition) is 1. The van der Waals surface area contributed by atoms with Gasteiger partial charge in [0.25, 0.3) is 0 Å². The zero-order chi connectivity index (χ0) is 23.1. The van der Waals surface area contributed by atoms with Crippen LogP contribution < -0.4 is 5.32 Å². The average Bonchev–Trinajstić information content (AvgIpc) is 3.27. The van der Waals surface area contributed by atoms with Gasteiger partial charge in [0.05, 0.1) is 5.75 Å². The lowest BCUT2D eigenvalue weighted by Crippen LogP contribution is -2.50. The molecule has 0 spiro atoms. The minimum absolute atomic E-state index is 0.146. The number of rotatable bonds is 9. The number of nitrogens with one attached hydrogen (secondary N) is 1. The van der Waals surface area contributed by atoms with Crippen LogP contribution in [0.15, 0.2) is 42.5 Å². The molecular formula is C24H27Cl3N2O2S. The van der Waals surface area contributed by atoms with Crippen molar-refractivity contribution in [2.75, 3.05) is 5.75 Å². The van der Waals surface area contributed by atoms with Crippen LogP contribution in [0.4, 0.5) is 0 Å². The minimum Gasteiger partial charge on any atom is -0.352 e. The molecular weight excluding hydrogens is 487 g/mol. The highest BCUT2D eigenvalue weighted by molar-refractivity contribution is 7.99. The predicted octanol–water partition coefficient (Wildman–Crippen LogP) is 6.36. The number of amides is 2. The molecule has 0 radical (unpaired) electrons. The maximum Gasteiger partial charge on any atom is 0.242 e. The van der Waals surface area contributed by atoms with Crippen LogP contribution in [-0.2, 0) is 21.9 Å². The highest BCUT2D eigenvalue weighted by atomic mass is 35.5. The third-order valence-electron chi connectivity index (χ3n) is 5.70. The van der Waals surface area contributed by atoms with Crippen molar-refractivity contribution in [2.24, 2.45) is 0 Å². The van der Waals surface area contributed by atoms with Crippen LogP contribution in [0.2, 0.25) is 15.1 Å². The van der Waals surface area contributed by atoms with E-state index in [1.54, 1.807) is 30.0 Å². The van der Waals surface area contributed by atoms with Gasteiger partial charge in [-0.3, -0.25) is 9.59 Å². The maximum atomic E-state index is 13.2. The second-order valence-corrected chi connectivity index (χ2v) is 10.2. The Balaban J connectivity index is 1.71. The van der Waals surface area contributed by atoms with Gasteiger partial charge in [-0.1, -0.05) is 71.9 Å². The van der Waals surface area contributed by atoms with Gasteiger partial charge >= 0.3 is 0 Å². The van der Waals surface area contributed by atoms with Gasteiger partial charge in [0.2, 0.25) is 11.8 Å². The largest absolute Gasteiger partial charge is 0.352 e. The summed E-state index contributed by atoms with van der Waals surface area (Å²) in [6, 6.07) is 12.3. The smallest absolute Gasteiger partial charge is 0.242 e. The van der Waals surface area contributed by atoms with Gasteiger partial charge in [0.1, 0.15) is 6.04 Å². The Morgan fingerprint density at radius 1 is 1.03 bits per heavy atom. The SMILES string of the molecule is C[C@@H](C(=O)NC1CCCC1)N(Cc1c(Cl)cccc1Cl)C(=O)CSCc1ccccc1Cl. The number of thioether (sulfide) groups is 1. The number of benzene rings is 2. The number of carbonyl (C=O) groups is 2. The van der Waals surface area contributed by atoms with Crippen molar-refractivity contribution in [3.63, 3.8) is 0 Å². The van der Waals surface area contributed by atoms with Crippen molar-refractivity contribution in [3.05, 3.63) is 68.7 Å². The van der Waals surface area contributed by atoms with Gasteiger partial charge in [0, 0.05) is 39.0 Å². The third kappa shape index (κ3) is 6.80. The molecule has 1 aliphatic rings. The van der Waals surface area contributed by atoms with Crippen LogP contribution in [0.1, 0.15) is 43.7 Å². The first-order valence-corrected chi connectivity index (χ1v) is 13.0. The molecule has 172 valence electrons. The van der Waals surface area contributed by atoms with E-state index in [0.29, 0.717) is 26.4 Å². The van der Waals surface area contributed by atoms with Crippen LogP contribution in [0.3, 0.4) is 0 Å². The molecule has 1 saturated carbocycles. The van der Waals surface area contributed by atoms with Gasteiger partial charge in [-0.05, 0) is 43.5 Å². The summed E-state index contributed by atoms with van der Waals surface area (Å²) in [5.41, 5.74) is 1.61. The van der Waals surface area contributed by atoms with Crippen molar-refractivity contribution in [3.8, 4) is 0 Å². The fourth-order valence-corrected chi connectivity index (χ4v) is 5.49. The number of halogens is 3. The molecule has 0 unspecified atom stereocenters.